The lowest BCUT2D eigenvalue weighted by Gasteiger charge is -2.21. The molecule has 0 unspecified atom stereocenters. The van der Waals surface area contributed by atoms with E-state index >= 15 is 0 Å². The summed E-state index contributed by atoms with van der Waals surface area (Å²) in [6, 6.07) is 0. The molecule has 0 aliphatic carbocycles. The maximum absolute atomic E-state index is 11.2. The van der Waals surface area contributed by atoms with Crippen molar-refractivity contribution in [3.8, 4) is 0 Å². The largest absolute Gasteiger partial charge is 0.469 e. The maximum Gasteiger partial charge on any atom is 0.313 e. The summed E-state index contributed by atoms with van der Waals surface area (Å²) >= 11 is 0. The number of ether oxygens (including phenoxy) is 1. The summed E-state index contributed by atoms with van der Waals surface area (Å²) in [5.41, 5.74) is -0.682. The van der Waals surface area contributed by atoms with Crippen LogP contribution in [0, 0.1) is 5.41 Å². The van der Waals surface area contributed by atoms with Gasteiger partial charge in [0.2, 0.25) is 5.91 Å². The molecule has 0 aliphatic heterocycles. The van der Waals surface area contributed by atoms with Gasteiger partial charge in [-0.25, -0.2) is 0 Å². The number of likely N-dealkylation sites (N-methyl/N-ethyl adjacent to an activating group) is 1. The SMILES string of the molecule is CNCC(=O)NCC(C)(C)C(=O)OC.Cl. The van der Waals surface area contributed by atoms with E-state index in [2.05, 4.69) is 15.4 Å². The molecule has 0 saturated carbocycles. The lowest BCUT2D eigenvalue weighted by molar-refractivity contribution is -0.150. The number of methoxy groups -OCH3 is 1. The summed E-state index contributed by atoms with van der Waals surface area (Å²) < 4.78 is 4.60. The summed E-state index contributed by atoms with van der Waals surface area (Å²) in [6.45, 7) is 3.97. The number of hydrogen-bond donors (Lipinski definition) is 2. The monoisotopic (exact) mass is 238 g/mol. The molecule has 0 fully saturated rings. The van der Waals surface area contributed by atoms with Gasteiger partial charge in [-0.05, 0) is 20.9 Å². The first kappa shape index (κ1) is 16.6. The molecule has 0 heterocycles. The van der Waals surface area contributed by atoms with Gasteiger partial charge in [0.15, 0.2) is 0 Å². The summed E-state index contributed by atoms with van der Waals surface area (Å²) in [6.07, 6.45) is 0. The zero-order chi connectivity index (χ0) is 11.2. The third-order valence-electron chi connectivity index (χ3n) is 1.80. The van der Waals surface area contributed by atoms with Gasteiger partial charge in [-0.15, -0.1) is 12.4 Å². The van der Waals surface area contributed by atoms with Crippen LogP contribution in [-0.4, -0.2) is 39.1 Å². The summed E-state index contributed by atoms with van der Waals surface area (Å²) in [5, 5.41) is 5.36. The number of esters is 1. The first-order valence-corrected chi connectivity index (χ1v) is 4.43. The predicted molar refractivity (Wildman–Crippen MR) is 60.0 cm³/mol. The fraction of sp³-hybridized carbons (Fsp3) is 0.778. The lowest BCUT2D eigenvalue weighted by atomic mass is 9.94. The molecule has 0 aromatic heterocycles. The van der Waals surface area contributed by atoms with Crippen molar-refractivity contribution in [2.45, 2.75) is 13.8 Å². The van der Waals surface area contributed by atoms with E-state index in [-0.39, 0.29) is 37.4 Å². The van der Waals surface area contributed by atoms with Crippen molar-refractivity contribution >= 4 is 24.3 Å². The van der Waals surface area contributed by atoms with E-state index in [1.165, 1.54) is 7.11 Å². The van der Waals surface area contributed by atoms with Gasteiger partial charge >= 0.3 is 5.97 Å². The minimum atomic E-state index is -0.682. The Balaban J connectivity index is 0. The van der Waals surface area contributed by atoms with Gasteiger partial charge in [-0.3, -0.25) is 9.59 Å². The highest BCUT2D eigenvalue weighted by Gasteiger charge is 2.28. The highest BCUT2D eigenvalue weighted by molar-refractivity contribution is 5.85. The van der Waals surface area contributed by atoms with Crippen molar-refractivity contribution in [1.29, 1.82) is 0 Å². The fourth-order valence-electron chi connectivity index (χ4n) is 0.891. The molecule has 0 atom stereocenters. The van der Waals surface area contributed by atoms with Crippen LogP contribution in [0.3, 0.4) is 0 Å². The number of amides is 1. The number of nitrogens with one attached hydrogen (secondary N) is 2. The summed E-state index contributed by atoms with van der Waals surface area (Å²) in [4.78, 5) is 22.3. The number of carbonyl (C=O) groups is 2. The molecular weight excluding hydrogens is 220 g/mol. The van der Waals surface area contributed by atoms with Crippen LogP contribution in [0.25, 0.3) is 0 Å². The van der Waals surface area contributed by atoms with Crippen molar-refractivity contribution in [3.05, 3.63) is 0 Å². The molecule has 90 valence electrons. The molecule has 0 spiro atoms. The average Bonchev–Trinajstić information content (AvgIpc) is 2.14. The van der Waals surface area contributed by atoms with E-state index in [1.54, 1.807) is 20.9 Å². The van der Waals surface area contributed by atoms with Gasteiger partial charge in [-0.2, -0.15) is 0 Å². The Kier molecular flexibility index (Phi) is 8.28. The molecule has 0 aromatic carbocycles. The molecule has 2 N–H and O–H groups in total. The van der Waals surface area contributed by atoms with Gasteiger partial charge in [0.05, 0.1) is 19.1 Å². The van der Waals surface area contributed by atoms with Gasteiger partial charge in [-0.1, -0.05) is 0 Å². The number of halogens is 1. The van der Waals surface area contributed by atoms with E-state index in [0.717, 1.165) is 0 Å². The minimum absolute atomic E-state index is 0. The highest BCUT2D eigenvalue weighted by atomic mass is 35.5. The van der Waals surface area contributed by atoms with E-state index in [0.29, 0.717) is 0 Å². The highest BCUT2D eigenvalue weighted by Crippen LogP contribution is 2.14. The Morgan fingerprint density at radius 2 is 1.87 bits per heavy atom. The van der Waals surface area contributed by atoms with E-state index in [1.807, 2.05) is 0 Å². The topological polar surface area (TPSA) is 67.4 Å². The Morgan fingerprint density at radius 3 is 2.27 bits per heavy atom. The molecule has 0 aromatic rings. The van der Waals surface area contributed by atoms with Crippen molar-refractivity contribution in [2.24, 2.45) is 5.41 Å². The minimum Gasteiger partial charge on any atom is -0.469 e. The predicted octanol–water partition coefficient (Wildman–Crippen LogP) is -0.0570. The smallest absolute Gasteiger partial charge is 0.313 e. The van der Waals surface area contributed by atoms with Gasteiger partial charge in [0.1, 0.15) is 0 Å². The molecular formula is C9H19ClN2O3. The lowest BCUT2D eigenvalue weighted by Crippen LogP contribution is -2.42. The van der Waals surface area contributed by atoms with Crippen LogP contribution in [0.4, 0.5) is 0 Å². The Morgan fingerprint density at radius 1 is 1.33 bits per heavy atom. The molecule has 0 bridgehead atoms. The summed E-state index contributed by atoms with van der Waals surface area (Å²) in [5.74, 6) is -0.466. The van der Waals surface area contributed by atoms with Crippen molar-refractivity contribution in [2.75, 3.05) is 27.2 Å². The third kappa shape index (κ3) is 6.30. The number of hydrogen-bond acceptors (Lipinski definition) is 4. The molecule has 1 amide bonds. The van der Waals surface area contributed by atoms with Crippen LogP contribution in [-0.2, 0) is 14.3 Å². The van der Waals surface area contributed by atoms with Crippen LogP contribution in [0.5, 0.6) is 0 Å². The van der Waals surface area contributed by atoms with Crippen LogP contribution in [0.2, 0.25) is 0 Å². The zero-order valence-electron chi connectivity index (χ0n) is 9.55. The first-order chi connectivity index (χ1) is 6.44. The molecule has 0 radical (unpaired) electrons. The van der Waals surface area contributed by atoms with Gasteiger partial charge in [0.25, 0.3) is 0 Å². The first-order valence-electron chi connectivity index (χ1n) is 4.43. The van der Waals surface area contributed by atoms with Crippen molar-refractivity contribution in [3.63, 3.8) is 0 Å². The fourth-order valence-corrected chi connectivity index (χ4v) is 0.891. The standard InChI is InChI=1S/C9H18N2O3.ClH/c1-9(2,8(13)14-4)6-11-7(12)5-10-3;/h10H,5-6H2,1-4H3,(H,11,12);1H. The number of carbonyl (C=O) groups excluding carboxylic acids is 2. The molecule has 5 nitrogen and oxygen atoms in total. The van der Waals surface area contributed by atoms with Gasteiger partial charge < -0.3 is 15.4 Å². The van der Waals surface area contributed by atoms with Crippen LogP contribution >= 0.6 is 12.4 Å². The second-order valence-corrected chi connectivity index (χ2v) is 3.68. The quantitative estimate of drug-likeness (QED) is 0.659. The molecule has 0 aliphatic rings. The Bertz CT molecular complexity index is 219. The Labute approximate surface area is 96.3 Å². The average molecular weight is 239 g/mol. The van der Waals surface area contributed by atoms with Crippen LogP contribution in [0.15, 0.2) is 0 Å². The van der Waals surface area contributed by atoms with Gasteiger partial charge in [0, 0.05) is 6.54 Å². The van der Waals surface area contributed by atoms with Crippen LogP contribution in [0.1, 0.15) is 13.8 Å². The second kappa shape index (κ2) is 7.48. The third-order valence-corrected chi connectivity index (χ3v) is 1.80. The van der Waals surface area contributed by atoms with Crippen LogP contribution < -0.4 is 10.6 Å². The maximum atomic E-state index is 11.2. The van der Waals surface area contributed by atoms with Crippen molar-refractivity contribution in [1.82, 2.24) is 10.6 Å². The Hall–Kier alpha value is -0.810. The number of rotatable bonds is 5. The summed E-state index contributed by atoms with van der Waals surface area (Å²) in [7, 11) is 3.02. The molecule has 0 rings (SSSR count). The van der Waals surface area contributed by atoms with E-state index < -0.39 is 5.41 Å². The van der Waals surface area contributed by atoms with E-state index in [4.69, 9.17) is 0 Å². The second-order valence-electron chi connectivity index (χ2n) is 3.68. The normalized spacial score (nSPS) is 10.1. The molecule has 6 heteroatoms. The van der Waals surface area contributed by atoms with E-state index in [9.17, 15) is 9.59 Å². The zero-order valence-corrected chi connectivity index (χ0v) is 10.4. The van der Waals surface area contributed by atoms with Crippen molar-refractivity contribution < 1.29 is 14.3 Å². The molecule has 0 saturated heterocycles. The molecule has 15 heavy (non-hydrogen) atoms.